The van der Waals surface area contributed by atoms with E-state index in [0.29, 0.717) is 0 Å². The van der Waals surface area contributed by atoms with Crippen LogP contribution in [0.5, 0.6) is 0 Å². The Hall–Kier alpha value is -2.39. The Labute approximate surface area is 175 Å². The van der Waals surface area contributed by atoms with Crippen LogP contribution in [0.4, 0.5) is 4.39 Å². The van der Waals surface area contributed by atoms with Crippen molar-refractivity contribution in [3.8, 4) is 0 Å². The Balaban J connectivity index is 1.97. The molecule has 2 N–H and O–H groups in total. The molecule has 3 rings (SSSR count). The molecule has 2 aromatic rings. The first kappa shape index (κ1) is 21.3. The van der Waals surface area contributed by atoms with Gasteiger partial charge in [-0.15, -0.1) is 0 Å². The van der Waals surface area contributed by atoms with Crippen molar-refractivity contribution in [3.05, 3.63) is 82.1 Å². The highest BCUT2D eigenvalue weighted by Gasteiger charge is 2.51. The lowest BCUT2D eigenvalue weighted by atomic mass is 9.65. The van der Waals surface area contributed by atoms with Gasteiger partial charge in [-0.2, -0.15) is 8.42 Å². The number of benzene rings is 2. The minimum Gasteiger partial charge on any atom is -0.467 e. The molecule has 1 aliphatic rings. The molecule has 0 bridgehead atoms. The monoisotopic (exact) mass is 427 g/mol. The van der Waals surface area contributed by atoms with Crippen LogP contribution in [0.3, 0.4) is 0 Å². The number of hydrogen-bond donors (Lipinski definition) is 1. The first-order chi connectivity index (χ1) is 13.4. The minimum atomic E-state index is -4.86. The normalized spacial score (nSPS) is 19.9. The molecule has 0 spiro atoms. The van der Waals surface area contributed by atoms with Gasteiger partial charge in [-0.05, 0) is 11.6 Å². The Kier molecular flexibility index (Phi) is 5.25. The lowest BCUT2D eigenvalue weighted by Gasteiger charge is -2.27. The Morgan fingerprint density at radius 3 is 2.38 bits per heavy atom. The average Bonchev–Trinajstić information content (AvgIpc) is 2.88. The van der Waals surface area contributed by atoms with Gasteiger partial charge < -0.3 is 14.7 Å². The van der Waals surface area contributed by atoms with Crippen molar-refractivity contribution in [2.45, 2.75) is 10.0 Å². The smallest absolute Gasteiger partial charge is 0.302 e. The predicted octanol–water partition coefficient (Wildman–Crippen LogP) is 1.02. The zero-order chi connectivity index (χ0) is 21.6. The van der Waals surface area contributed by atoms with Crippen LogP contribution in [-0.4, -0.2) is 37.7 Å². The van der Waals surface area contributed by atoms with Gasteiger partial charge in [-0.3, -0.25) is 4.79 Å². The summed E-state index contributed by atoms with van der Waals surface area (Å²) in [6.07, 6.45) is 0. The van der Waals surface area contributed by atoms with Crippen LogP contribution in [0, 0.1) is 5.82 Å². The van der Waals surface area contributed by atoms with Gasteiger partial charge in [-0.1, -0.05) is 54.1 Å². The van der Waals surface area contributed by atoms with E-state index in [9.17, 15) is 17.6 Å². The Morgan fingerprint density at radius 2 is 1.76 bits per heavy atom. The van der Waals surface area contributed by atoms with Gasteiger partial charge in [0.1, 0.15) is 13.7 Å². The summed E-state index contributed by atoms with van der Waals surface area (Å²) in [5.74, 6) is -3.80. The molecule has 0 amide bonds. The van der Waals surface area contributed by atoms with Crippen LogP contribution in [0.15, 0.2) is 60.2 Å². The summed E-state index contributed by atoms with van der Waals surface area (Å²) in [4.78, 5) is 12.8. The number of halogens is 2. The molecular weight excluding hydrogens is 417 g/mol. The van der Waals surface area contributed by atoms with E-state index in [-0.39, 0.29) is 11.1 Å². The third kappa shape index (κ3) is 3.42. The maximum atomic E-state index is 13.8. The second-order valence-corrected chi connectivity index (χ2v) is 8.29. The summed E-state index contributed by atoms with van der Waals surface area (Å²) in [6.45, 7) is 0. The molecule has 1 heterocycles. The largest absolute Gasteiger partial charge is 0.467 e. The van der Waals surface area contributed by atoms with E-state index in [1.54, 1.807) is 6.07 Å². The number of ether oxygens (including phenoxy) is 1. The van der Waals surface area contributed by atoms with Crippen LogP contribution in [0.2, 0.25) is 5.02 Å². The molecule has 12 heteroatoms. The maximum absolute atomic E-state index is 13.8. The van der Waals surface area contributed by atoms with E-state index in [2.05, 4.69) is 0 Å². The van der Waals surface area contributed by atoms with Crippen molar-refractivity contribution in [1.82, 2.24) is 0 Å². The fourth-order valence-electron chi connectivity index (χ4n) is 2.62. The molecular formula is C17H10B3ClFNO5S. The van der Waals surface area contributed by atoms with E-state index in [0.717, 1.165) is 6.07 Å². The average molecular weight is 427 g/mol. The molecule has 0 saturated heterocycles. The third-order valence-corrected chi connectivity index (χ3v) is 6.05. The lowest BCUT2D eigenvalue weighted by molar-refractivity contribution is -0.126. The van der Waals surface area contributed by atoms with Gasteiger partial charge in [0.15, 0.2) is 5.50 Å². The number of rotatable bonds is 5. The van der Waals surface area contributed by atoms with Crippen molar-refractivity contribution >= 4 is 51.0 Å². The molecule has 0 aromatic heterocycles. The summed E-state index contributed by atoms with van der Waals surface area (Å²) in [5, 5.41) is -0.503. The van der Waals surface area contributed by atoms with Gasteiger partial charge in [0, 0.05) is 5.56 Å². The predicted molar refractivity (Wildman–Crippen MR) is 106 cm³/mol. The zero-order valence-corrected chi connectivity index (χ0v) is 16.2. The highest BCUT2D eigenvalue weighted by Crippen LogP contribution is 2.40. The zero-order valence-electron chi connectivity index (χ0n) is 14.6. The number of ketones is 1. The fourth-order valence-corrected chi connectivity index (χ4v) is 3.82. The van der Waals surface area contributed by atoms with Crippen molar-refractivity contribution in [1.29, 1.82) is 0 Å². The molecule has 29 heavy (non-hydrogen) atoms. The molecule has 6 nitrogen and oxygen atoms in total. The molecule has 0 saturated carbocycles. The maximum Gasteiger partial charge on any atom is 0.302 e. The minimum absolute atomic E-state index is 0.0160. The van der Waals surface area contributed by atoms with Crippen LogP contribution in [0.1, 0.15) is 11.1 Å². The summed E-state index contributed by atoms with van der Waals surface area (Å²) in [7, 11) is 12.6. The number of hydrogen-bond acceptors (Lipinski definition) is 6. The molecule has 1 aliphatic heterocycles. The molecule has 1 atom stereocenters. The van der Waals surface area contributed by atoms with E-state index in [4.69, 9.17) is 49.8 Å². The first-order valence-electron chi connectivity index (χ1n) is 7.96. The Bertz CT molecular complexity index is 1130. The van der Waals surface area contributed by atoms with Crippen molar-refractivity contribution in [2.75, 3.05) is 0 Å². The molecule has 142 valence electrons. The van der Waals surface area contributed by atoms with Gasteiger partial charge >= 0.3 is 10.1 Å². The molecule has 0 fully saturated rings. The summed E-state index contributed by atoms with van der Waals surface area (Å²) < 4.78 is 46.5. The lowest BCUT2D eigenvalue weighted by Crippen LogP contribution is -2.40. The molecule has 2 aromatic carbocycles. The summed E-state index contributed by atoms with van der Waals surface area (Å²) in [6, 6.07) is 10.8. The van der Waals surface area contributed by atoms with Crippen LogP contribution in [-0.2, 0) is 33.9 Å². The quantitative estimate of drug-likeness (QED) is 0.566. The van der Waals surface area contributed by atoms with Gasteiger partial charge in [-0.25, -0.2) is 4.39 Å². The highest BCUT2D eigenvalue weighted by atomic mass is 35.5. The Morgan fingerprint density at radius 1 is 1.14 bits per heavy atom. The van der Waals surface area contributed by atoms with E-state index in [1.165, 1.54) is 36.4 Å². The van der Waals surface area contributed by atoms with Crippen molar-refractivity contribution in [2.24, 2.45) is 5.73 Å². The molecule has 0 aliphatic carbocycles. The van der Waals surface area contributed by atoms with Gasteiger partial charge in [0.05, 0.1) is 25.3 Å². The van der Waals surface area contributed by atoms with E-state index < -0.39 is 48.4 Å². The van der Waals surface area contributed by atoms with Crippen LogP contribution in [0.25, 0.3) is 0 Å². The number of carbonyl (C=O) groups excluding carboxylic acids is 1. The fraction of sp³-hybridized carbons (Fsp3) is 0.118. The summed E-state index contributed by atoms with van der Waals surface area (Å²) >= 11 is 5.86. The number of Topliss-reactive ketones (excluding diaryl/α,β-unsaturated/α-hetero) is 1. The van der Waals surface area contributed by atoms with Crippen molar-refractivity contribution < 1.29 is 26.5 Å². The summed E-state index contributed by atoms with van der Waals surface area (Å²) in [5.41, 5.74) is 2.90. The molecule has 6 radical (unpaired) electrons. The van der Waals surface area contributed by atoms with E-state index >= 15 is 0 Å². The van der Waals surface area contributed by atoms with Crippen LogP contribution >= 0.6 is 11.6 Å². The topological polar surface area (TPSA) is 95.7 Å². The second kappa shape index (κ2) is 7.14. The van der Waals surface area contributed by atoms with Crippen LogP contribution < -0.4 is 5.73 Å². The second-order valence-electron chi connectivity index (χ2n) is 6.16. The van der Waals surface area contributed by atoms with E-state index in [1.807, 2.05) is 0 Å². The SMILES string of the molecule is [B]C([B])(c1ccccc1)S(=O)(=O)OC1=C(N)O[C@]([B])(c2cccc(F)c2Cl)C1=O. The number of carbonyl (C=O) groups is 1. The standard InChI is InChI=1S/C17H10B3ClFNO5S/c18-16(10-7-4-8-11(22)12(10)21)14(24)13(15(23)27-16)28-29(25,26)17(19,20)9-5-2-1-3-6-9/h1-8H,23H2/t16-/m1/s1. The van der Waals surface area contributed by atoms with Crippen molar-refractivity contribution in [3.63, 3.8) is 0 Å². The van der Waals surface area contributed by atoms with Gasteiger partial charge in [0.2, 0.25) is 17.4 Å². The third-order valence-electron chi connectivity index (χ3n) is 4.22. The highest BCUT2D eigenvalue weighted by molar-refractivity contribution is 7.90. The van der Waals surface area contributed by atoms with Gasteiger partial charge in [0.25, 0.3) is 0 Å². The number of nitrogens with two attached hydrogens (primary N) is 1. The first-order valence-corrected chi connectivity index (χ1v) is 9.74. The molecule has 0 unspecified atom stereocenters.